The highest BCUT2D eigenvalue weighted by atomic mass is 35.5. The third-order valence-corrected chi connectivity index (χ3v) is 2.92. The first-order chi connectivity index (χ1) is 9.51. The minimum Gasteiger partial charge on any atom is -0.432 e. The second-order valence-electron chi connectivity index (χ2n) is 3.70. The molecule has 1 N–H and O–H groups in total. The van der Waals surface area contributed by atoms with E-state index in [4.69, 9.17) is 27.9 Å². The van der Waals surface area contributed by atoms with Crippen LogP contribution in [-0.4, -0.2) is 17.0 Å². The molecule has 0 aliphatic carbocycles. The lowest BCUT2D eigenvalue weighted by Gasteiger charge is -2.08. The van der Waals surface area contributed by atoms with Crippen LogP contribution in [-0.2, 0) is 0 Å². The van der Waals surface area contributed by atoms with Gasteiger partial charge in [0.15, 0.2) is 0 Å². The van der Waals surface area contributed by atoms with Gasteiger partial charge in [0.25, 0.3) is 0 Å². The first kappa shape index (κ1) is 14.4. The molecule has 1 aromatic heterocycles. The molecule has 1 aromatic carbocycles. The molecule has 0 radical (unpaired) electrons. The Hall–Kier alpha value is -2.05. The summed E-state index contributed by atoms with van der Waals surface area (Å²) in [6.45, 7) is 0. The monoisotopic (exact) mass is 313 g/mol. The van der Waals surface area contributed by atoms with Crippen molar-refractivity contribution in [2.45, 2.75) is 0 Å². The summed E-state index contributed by atoms with van der Waals surface area (Å²) in [5, 5.41) is 14.4. The molecule has 20 heavy (non-hydrogen) atoms. The van der Waals surface area contributed by atoms with Crippen LogP contribution in [0.4, 0.5) is 11.5 Å². The van der Waals surface area contributed by atoms with E-state index in [-0.39, 0.29) is 22.3 Å². The molecule has 0 fully saturated rings. The molecule has 8 heteroatoms. The van der Waals surface area contributed by atoms with Crippen LogP contribution >= 0.6 is 23.2 Å². The van der Waals surface area contributed by atoms with Crippen LogP contribution in [0.25, 0.3) is 0 Å². The van der Waals surface area contributed by atoms with Crippen LogP contribution in [0.2, 0.25) is 10.0 Å². The Bertz CT molecular complexity index is 664. The van der Waals surface area contributed by atoms with Crippen LogP contribution in [0.1, 0.15) is 0 Å². The van der Waals surface area contributed by atoms with Crippen LogP contribution in [0.15, 0.2) is 30.3 Å². The molecule has 6 nitrogen and oxygen atoms in total. The van der Waals surface area contributed by atoms with E-state index in [0.29, 0.717) is 10.8 Å². The zero-order valence-corrected chi connectivity index (χ0v) is 11.8. The highest BCUT2D eigenvalue weighted by Crippen LogP contribution is 2.35. The smallest absolute Gasteiger partial charge is 0.331 e. The highest BCUT2D eigenvalue weighted by Gasteiger charge is 2.19. The van der Waals surface area contributed by atoms with Gasteiger partial charge in [-0.2, -0.15) is 4.98 Å². The number of aromatic nitrogens is 1. The zero-order valence-electron chi connectivity index (χ0n) is 10.3. The SMILES string of the molecule is CNc1ccc([N+](=O)[O-])c(Oc2ccc(Cl)cc2Cl)n1. The van der Waals surface area contributed by atoms with E-state index < -0.39 is 4.92 Å². The molecule has 0 saturated carbocycles. The number of hydrogen-bond donors (Lipinski definition) is 1. The Labute approximate surface area is 124 Å². The lowest BCUT2D eigenvalue weighted by molar-refractivity contribution is -0.386. The van der Waals surface area contributed by atoms with E-state index >= 15 is 0 Å². The number of hydrogen-bond acceptors (Lipinski definition) is 5. The number of rotatable bonds is 4. The van der Waals surface area contributed by atoms with Crippen molar-refractivity contribution >= 4 is 34.7 Å². The number of nitro groups is 1. The normalized spacial score (nSPS) is 10.2. The maximum Gasteiger partial charge on any atom is 0.331 e. The summed E-state index contributed by atoms with van der Waals surface area (Å²) in [4.78, 5) is 14.4. The Morgan fingerprint density at radius 1 is 1.30 bits per heavy atom. The molecule has 0 atom stereocenters. The minimum absolute atomic E-state index is 0.147. The summed E-state index contributed by atoms with van der Waals surface area (Å²) in [5.41, 5.74) is -0.255. The van der Waals surface area contributed by atoms with Gasteiger partial charge in [0.05, 0.1) is 9.95 Å². The van der Waals surface area contributed by atoms with Crippen LogP contribution in [0.5, 0.6) is 11.6 Å². The number of anilines is 1. The van der Waals surface area contributed by atoms with E-state index in [2.05, 4.69) is 10.3 Å². The summed E-state index contributed by atoms with van der Waals surface area (Å²) >= 11 is 11.7. The molecule has 2 rings (SSSR count). The zero-order chi connectivity index (χ0) is 14.7. The number of benzene rings is 1. The third kappa shape index (κ3) is 3.09. The predicted molar refractivity (Wildman–Crippen MR) is 77.0 cm³/mol. The Kier molecular flexibility index (Phi) is 4.26. The van der Waals surface area contributed by atoms with Gasteiger partial charge in [-0.3, -0.25) is 10.1 Å². The van der Waals surface area contributed by atoms with E-state index in [1.54, 1.807) is 13.1 Å². The summed E-state index contributed by atoms with van der Waals surface area (Å²) in [6.07, 6.45) is 0. The van der Waals surface area contributed by atoms with Gasteiger partial charge < -0.3 is 10.1 Å². The molecule has 0 aliphatic rings. The molecule has 0 amide bonds. The Morgan fingerprint density at radius 3 is 2.65 bits per heavy atom. The molecular weight excluding hydrogens is 305 g/mol. The Morgan fingerprint density at radius 2 is 2.05 bits per heavy atom. The first-order valence-corrected chi connectivity index (χ1v) is 6.23. The van der Waals surface area contributed by atoms with E-state index in [0.717, 1.165) is 0 Å². The quantitative estimate of drug-likeness (QED) is 0.678. The summed E-state index contributed by atoms with van der Waals surface area (Å²) < 4.78 is 5.42. The van der Waals surface area contributed by atoms with Crippen molar-refractivity contribution in [1.82, 2.24) is 4.98 Å². The molecule has 104 valence electrons. The number of halogens is 2. The van der Waals surface area contributed by atoms with E-state index in [9.17, 15) is 10.1 Å². The topological polar surface area (TPSA) is 77.3 Å². The van der Waals surface area contributed by atoms with Crippen molar-refractivity contribution in [3.8, 4) is 11.6 Å². The van der Waals surface area contributed by atoms with Gasteiger partial charge in [0.2, 0.25) is 0 Å². The average molecular weight is 314 g/mol. The second kappa shape index (κ2) is 5.94. The van der Waals surface area contributed by atoms with Crippen molar-refractivity contribution < 1.29 is 9.66 Å². The van der Waals surface area contributed by atoms with Crippen LogP contribution in [0, 0.1) is 10.1 Å². The predicted octanol–water partition coefficient (Wildman–Crippen LogP) is 4.13. The molecule has 0 aliphatic heterocycles. The molecule has 2 aromatic rings. The fraction of sp³-hybridized carbons (Fsp3) is 0.0833. The fourth-order valence-corrected chi connectivity index (χ4v) is 1.90. The fourth-order valence-electron chi connectivity index (χ4n) is 1.45. The van der Waals surface area contributed by atoms with Gasteiger partial charge in [0, 0.05) is 18.1 Å². The molecule has 0 unspecified atom stereocenters. The third-order valence-electron chi connectivity index (χ3n) is 2.39. The molecule has 0 spiro atoms. The number of nitrogens with one attached hydrogen (secondary N) is 1. The maximum absolute atomic E-state index is 11.0. The van der Waals surface area contributed by atoms with E-state index in [1.165, 1.54) is 24.3 Å². The van der Waals surface area contributed by atoms with Crippen molar-refractivity contribution in [2.75, 3.05) is 12.4 Å². The number of nitrogens with zero attached hydrogens (tertiary/aromatic N) is 2. The van der Waals surface area contributed by atoms with Gasteiger partial charge in [-0.05, 0) is 24.3 Å². The van der Waals surface area contributed by atoms with Gasteiger partial charge in [-0.25, -0.2) is 0 Å². The summed E-state index contributed by atoms with van der Waals surface area (Å²) in [6, 6.07) is 7.34. The lowest BCUT2D eigenvalue weighted by Crippen LogP contribution is -1.99. The maximum atomic E-state index is 11.0. The number of ether oxygens (including phenoxy) is 1. The van der Waals surface area contributed by atoms with Gasteiger partial charge in [0.1, 0.15) is 11.6 Å². The van der Waals surface area contributed by atoms with E-state index in [1.807, 2.05) is 0 Å². The number of pyridine rings is 1. The summed E-state index contributed by atoms with van der Waals surface area (Å²) in [5.74, 6) is 0.529. The van der Waals surface area contributed by atoms with Gasteiger partial charge in [-0.1, -0.05) is 23.2 Å². The van der Waals surface area contributed by atoms with Crippen molar-refractivity contribution in [3.05, 3.63) is 50.5 Å². The highest BCUT2D eigenvalue weighted by molar-refractivity contribution is 6.35. The first-order valence-electron chi connectivity index (χ1n) is 5.47. The molecule has 0 saturated heterocycles. The average Bonchev–Trinajstić information content (AvgIpc) is 2.41. The van der Waals surface area contributed by atoms with Crippen molar-refractivity contribution in [1.29, 1.82) is 0 Å². The van der Waals surface area contributed by atoms with Crippen molar-refractivity contribution in [3.63, 3.8) is 0 Å². The Balaban J connectivity index is 2.43. The second-order valence-corrected chi connectivity index (χ2v) is 4.55. The largest absolute Gasteiger partial charge is 0.432 e. The molecule has 1 heterocycles. The van der Waals surface area contributed by atoms with Gasteiger partial charge >= 0.3 is 11.6 Å². The lowest BCUT2D eigenvalue weighted by atomic mass is 10.3. The molecule has 0 bridgehead atoms. The van der Waals surface area contributed by atoms with Crippen molar-refractivity contribution in [2.24, 2.45) is 0 Å². The molecular formula is C12H9Cl2N3O3. The van der Waals surface area contributed by atoms with Gasteiger partial charge in [-0.15, -0.1) is 0 Å². The van der Waals surface area contributed by atoms with Crippen LogP contribution < -0.4 is 10.1 Å². The standard InChI is InChI=1S/C12H9Cl2N3O3/c1-15-11-5-3-9(17(18)19)12(16-11)20-10-4-2-7(13)6-8(10)14/h2-6H,1H3,(H,15,16). The van der Waals surface area contributed by atoms with Crippen LogP contribution in [0.3, 0.4) is 0 Å². The minimum atomic E-state index is -0.578. The summed E-state index contributed by atoms with van der Waals surface area (Å²) in [7, 11) is 1.65.